The Hall–Kier alpha value is -3.13. The number of nitrogens with zero attached hydrogens (tertiary/aromatic N) is 3. The van der Waals surface area contributed by atoms with E-state index < -0.39 is 17.8 Å². The molecule has 0 radical (unpaired) electrons. The van der Waals surface area contributed by atoms with Crippen LogP contribution in [0.2, 0.25) is 10.0 Å². The summed E-state index contributed by atoms with van der Waals surface area (Å²) in [5.41, 5.74) is 0.781. The Labute approximate surface area is 261 Å². The molecule has 3 aromatic rings. The molecule has 0 saturated heterocycles. The summed E-state index contributed by atoms with van der Waals surface area (Å²) in [4.78, 5) is 50.9. The molecule has 0 saturated carbocycles. The van der Waals surface area contributed by atoms with Crippen LogP contribution in [0.3, 0.4) is 0 Å². The Morgan fingerprint density at radius 2 is 1.76 bits per heavy atom. The number of esters is 2. The number of carbonyl (C=O) groups excluding carboxylic acids is 4. The number of hydrogen-bond donors (Lipinski definition) is 2. The maximum Gasteiger partial charge on any atom is 0.348 e. The minimum absolute atomic E-state index is 0.0506. The molecule has 0 aliphatic heterocycles. The van der Waals surface area contributed by atoms with Crippen LogP contribution in [0.5, 0.6) is 0 Å². The predicted molar refractivity (Wildman–Crippen MR) is 163 cm³/mol. The maximum atomic E-state index is 13.0. The number of thiophene rings is 1. The van der Waals surface area contributed by atoms with E-state index in [1.807, 2.05) is 11.5 Å². The highest BCUT2D eigenvalue weighted by Crippen LogP contribution is 2.34. The lowest BCUT2D eigenvalue weighted by molar-refractivity contribution is -0.113. The van der Waals surface area contributed by atoms with Gasteiger partial charge in [-0.05, 0) is 51.0 Å². The molecule has 0 bridgehead atoms. The molecule has 0 aliphatic rings. The summed E-state index contributed by atoms with van der Waals surface area (Å²) in [6.45, 7) is 7.98. The third kappa shape index (κ3) is 8.46. The quantitative estimate of drug-likeness (QED) is 0.163. The Morgan fingerprint density at radius 3 is 2.43 bits per heavy atom. The third-order valence-electron chi connectivity index (χ3n) is 5.78. The summed E-state index contributed by atoms with van der Waals surface area (Å²) in [6.07, 6.45) is 1.74. The lowest BCUT2D eigenvalue weighted by atomic mass is 10.1. The Morgan fingerprint density at radius 1 is 1.05 bits per heavy atom. The second kappa shape index (κ2) is 15.9. The molecule has 3 rings (SSSR count). The molecule has 2 N–H and O–H groups in total. The molecule has 0 spiro atoms. The molecule has 15 heteroatoms. The van der Waals surface area contributed by atoms with Crippen LogP contribution in [0.25, 0.3) is 0 Å². The van der Waals surface area contributed by atoms with E-state index in [-0.39, 0.29) is 57.4 Å². The number of rotatable bonds is 14. The van der Waals surface area contributed by atoms with E-state index in [1.165, 1.54) is 6.07 Å². The van der Waals surface area contributed by atoms with Gasteiger partial charge in [0.15, 0.2) is 11.0 Å². The molecule has 42 heavy (non-hydrogen) atoms. The average molecular weight is 657 g/mol. The normalized spacial score (nSPS) is 10.8. The van der Waals surface area contributed by atoms with Crippen molar-refractivity contribution in [3.63, 3.8) is 0 Å². The smallest absolute Gasteiger partial charge is 0.348 e. The van der Waals surface area contributed by atoms with Crippen LogP contribution in [0.15, 0.2) is 23.4 Å². The van der Waals surface area contributed by atoms with Crippen LogP contribution in [0, 0.1) is 6.92 Å². The highest BCUT2D eigenvalue weighted by Gasteiger charge is 2.27. The maximum absolute atomic E-state index is 13.0. The molecular weight excluding hydrogens is 625 g/mol. The third-order valence-corrected chi connectivity index (χ3v) is 8.49. The first-order valence-electron chi connectivity index (χ1n) is 13.2. The van der Waals surface area contributed by atoms with E-state index in [0.717, 1.165) is 35.9 Å². The van der Waals surface area contributed by atoms with Crippen molar-refractivity contribution in [1.29, 1.82) is 0 Å². The molecular formula is C27H31Cl2N5O6S2. The van der Waals surface area contributed by atoms with Crippen LogP contribution < -0.4 is 10.6 Å². The van der Waals surface area contributed by atoms with Crippen molar-refractivity contribution >= 4 is 75.1 Å². The summed E-state index contributed by atoms with van der Waals surface area (Å²) in [5.74, 6) is -1.56. The summed E-state index contributed by atoms with van der Waals surface area (Å²) in [6, 6.07) is 4.61. The number of thioether (sulfide) groups is 1. The summed E-state index contributed by atoms with van der Waals surface area (Å²) in [7, 11) is 0. The predicted octanol–water partition coefficient (Wildman–Crippen LogP) is 5.77. The standard InChI is InChI=1S/C27H31Cl2N5O6S2/c1-5-8-11-34-19(13-30-23(36)17-10-9-16(28)12-18(17)29)32-33-27(34)41-14-20(35)31-24-21(25(37)39-6-2)15(4)22(42-24)26(38)40-7-3/h9-10,12H,5-8,11,13-14H2,1-4H3,(H,30,36)(H,31,35). The van der Waals surface area contributed by atoms with E-state index in [2.05, 4.69) is 20.8 Å². The van der Waals surface area contributed by atoms with E-state index in [9.17, 15) is 19.2 Å². The van der Waals surface area contributed by atoms with E-state index in [4.69, 9.17) is 32.7 Å². The van der Waals surface area contributed by atoms with Gasteiger partial charge < -0.3 is 24.7 Å². The number of ether oxygens (including phenoxy) is 2. The molecule has 11 nitrogen and oxygen atoms in total. The van der Waals surface area contributed by atoms with Gasteiger partial charge in [-0.3, -0.25) is 9.59 Å². The highest BCUT2D eigenvalue weighted by molar-refractivity contribution is 7.99. The number of nitrogens with one attached hydrogen (secondary N) is 2. The fraction of sp³-hybridized carbons (Fsp3) is 0.407. The molecule has 1 aromatic carbocycles. The Balaban J connectivity index is 1.73. The van der Waals surface area contributed by atoms with E-state index in [1.54, 1.807) is 32.9 Å². The first-order chi connectivity index (χ1) is 20.1. The number of hydrogen-bond acceptors (Lipinski definition) is 10. The van der Waals surface area contributed by atoms with Crippen LogP contribution in [0.1, 0.15) is 75.4 Å². The van der Waals surface area contributed by atoms with Gasteiger partial charge in [-0.2, -0.15) is 0 Å². The molecule has 226 valence electrons. The van der Waals surface area contributed by atoms with Crippen LogP contribution in [-0.4, -0.2) is 57.5 Å². The largest absolute Gasteiger partial charge is 0.462 e. The second-order valence-electron chi connectivity index (χ2n) is 8.75. The summed E-state index contributed by atoms with van der Waals surface area (Å²) < 4.78 is 12.1. The number of carbonyl (C=O) groups is 4. The van der Waals surface area contributed by atoms with Crippen LogP contribution in [-0.2, 0) is 27.4 Å². The van der Waals surface area contributed by atoms with Crippen molar-refractivity contribution in [3.05, 3.63) is 55.6 Å². The second-order valence-corrected chi connectivity index (χ2v) is 11.6. The van der Waals surface area contributed by atoms with Gasteiger partial charge in [0.05, 0.1) is 41.7 Å². The number of halogens is 2. The minimum Gasteiger partial charge on any atom is -0.462 e. The summed E-state index contributed by atoms with van der Waals surface area (Å²) >= 11 is 14.2. The molecule has 2 aromatic heterocycles. The van der Waals surface area contributed by atoms with Crippen molar-refractivity contribution in [3.8, 4) is 0 Å². The number of anilines is 1. The molecule has 0 aliphatic carbocycles. The van der Waals surface area contributed by atoms with Gasteiger partial charge in [-0.15, -0.1) is 21.5 Å². The SMILES string of the molecule is CCCCn1c(CNC(=O)c2ccc(Cl)cc2Cl)nnc1SCC(=O)Nc1sc(C(=O)OCC)c(C)c1C(=O)OCC. The topological polar surface area (TPSA) is 142 Å². The zero-order chi connectivity index (χ0) is 30.8. The van der Waals surface area contributed by atoms with E-state index in [0.29, 0.717) is 28.1 Å². The van der Waals surface area contributed by atoms with Gasteiger partial charge >= 0.3 is 11.9 Å². The van der Waals surface area contributed by atoms with Gasteiger partial charge in [0.25, 0.3) is 5.91 Å². The number of aromatic nitrogens is 3. The fourth-order valence-electron chi connectivity index (χ4n) is 3.76. The summed E-state index contributed by atoms with van der Waals surface area (Å²) in [5, 5.41) is 15.3. The van der Waals surface area contributed by atoms with Crippen molar-refractivity contribution in [1.82, 2.24) is 20.1 Å². The fourth-order valence-corrected chi connectivity index (χ4v) is 6.14. The van der Waals surface area contributed by atoms with Gasteiger partial charge in [-0.1, -0.05) is 48.3 Å². The zero-order valence-electron chi connectivity index (χ0n) is 23.5. The first-order valence-corrected chi connectivity index (χ1v) is 15.7. The van der Waals surface area contributed by atoms with Crippen LogP contribution in [0.4, 0.5) is 5.00 Å². The first kappa shape index (κ1) is 33.4. The van der Waals surface area contributed by atoms with Gasteiger partial charge in [0.2, 0.25) is 5.91 Å². The number of unbranched alkanes of at least 4 members (excludes halogenated alkanes) is 1. The highest BCUT2D eigenvalue weighted by atomic mass is 35.5. The van der Waals surface area contributed by atoms with Crippen molar-refractivity contribution in [2.75, 3.05) is 24.3 Å². The lowest BCUT2D eigenvalue weighted by Gasteiger charge is -2.11. The average Bonchev–Trinajstić information content (AvgIpc) is 3.49. The van der Waals surface area contributed by atoms with Gasteiger partial charge in [0.1, 0.15) is 9.88 Å². The molecule has 2 amide bonds. The van der Waals surface area contributed by atoms with Crippen LogP contribution >= 0.6 is 46.3 Å². The number of amides is 2. The molecule has 0 unspecified atom stereocenters. The Kier molecular flexibility index (Phi) is 12.6. The van der Waals surface area contributed by atoms with Crippen molar-refractivity contribution in [2.24, 2.45) is 0 Å². The number of benzene rings is 1. The monoisotopic (exact) mass is 655 g/mol. The minimum atomic E-state index is -0.643. The molecule has 0 fully saturated rings. The lowest BCUT2D eigenvalue weighted by Crippen LogP contribution is -2.25. The molecule has 0 atom stereocenters. The van der Waals surface area contributed by atoms with Gasteiger partial charge in [-0.25, -0.2) is 9.59 Å². The van der Waals surface area contributed by atoms with Gasteiger partial charge in [0, 0.05) is 11.6 Å². The van der Waals surface area contributed by atoms with Crippen molar-refractivity contribution in [2.45, 2.75) is 58.8 Å². The van der Waals surface area contributed by atoms with E-state index >= 15 is 0 Å². The Bertz CT molecular complexity index is 1460. The van der Waals surface area contributed by atoms with Crippen molar-refractivity contribution < 1.29 is 28.7 Å². The molecule has 2 heterocycles. The zero-order valence-corrected chi connectivity index (χ0v) is 26.7.